The second kappa shape index (κ2) is 10.4. The van der Waals surface area contributed by atoms with Crippen molar-refractivity contribution < 1.29 is 31.5 Å². The molecule has 3 aromatic rings. The maximum Gasteiger partial charge on any atom is 0.245 e. The van der Waals surface area contributed by atoms with Gasteiger partial charge < -0.3 is 15.4 Å². The van der Waals surface area contributed by atoms with Crippen LogP contribution in [0.15, 0.2) is 48.2 Å². The zero-order chi connectivity index (χ0) is 27.8. The third-order valence-electron chi connectivity index (χ3n) is 6.97. The van der Waals surface area contributed by atoms with Gasteiger partial charge in [-0.2, -0.15) is 8.78 Å². The summed E-state index contributed by atoms with van der Waals surface area (Å²) in [6.45, 7) is 4.92. The molecule has 2 atom stereocenters. The standard InChI is InChI=1S/C27H22F5N5O2/c1-2-20(38)37-8-6-13(11-37)15-5-7-34-25(21-24(15)35-12-36-27(21)33)16-4-3-14(9-17(16)28)39-26-22(31)18(29)10-19(30)23(26)32/h2-4,9-10,12-13,15H,1,5-8,11H2,(H2,33,35,36)/t13-,15?/m0/s1. The first-order valence-electron chi connectivity index (χ1n) is 12.1. The molecule has 0 bridgehead atoms. The van der Waals surface area contributed by atoms with Crippen molar-refractivity contribution in [1.82, 2.24) is 14.9 Å². The van der Waals surface area contributed by atoms with Gasteiger partial charge in [-0.3, -0.25) is 9.79 Å². The maximum absolute atomic E-state index is 15.4. The lowest BCUT2D eigenvalue weighted by molar-refractivity contribution is -0.125. The molecule has 1 fully saturated rings. The van der Waals surface area contributed by atoms with Crippen LogP contribution < -0.4 is 10.5 Å². The van der Waals surface area contributed by atoms with E-state index in [4.69, 9.17) is 10.5 Å². The van der Waals surface area contributed by atoms with Crippen molar-refractivity contribution in [3.8, 4) is 11.5 Å². The van der Waals surface area contributed by atoms with Crippen LogP contribution in [-0.2, 0) is 4.79 Å². The van der Waals surface area contributed by atoms with E-state index in [0.29, 0.717) is 37.3 Å². The lowest BCUT2D eigenvalue weighted by Crippen LogP contribution is -2.28. The van der Waals surface area contributed by atoms with Gasteiger partial charge in [0, 0.05) is 43.2 Å². The van der Waals surface area contributed by atoms with Crippen LogP contribution in [0.2, 0.25) is 0 Å². The minimum Gasteiger partial charge on any atom is -0.451 e. The highest BCUT2D eigenvalue weighted by Gasteiger charge is 2.36. The number of carbonyl (C=O) groups is 1. The third kappa shape index (κ3) is 4.82. The number of carbonyl (C=O) groups excluding carboxylic acids is 1. The molecule has 0 aliphatic carbocycles. The van der Waals surface area contributed by atoms with Gasteiger partial charge in [0.1, 0.15) is 23.7 Å². The molecule has 7 nitrogen and oxygen atoms in total. The number of rotatable bonds is 5. The van der Waals surface area contributed by atoms with Crippen LogP contribution in [0, 0.1) is 35.0 Å². The van der Waals surface area contributed by atoms with Crippen LogP contribution in [0.5, 0.6) is 11.5 Å². The number of nitrogens with zero attached hydrogens (tertiary/aromatic N) is 4. The van der Waals surface area contributed by atoms with E-state index in [1.54, 1.807) is 4.90 Å². The summed E-state index contributed by atoms with van der Waals surface area (Å²) in [5.74, 6) is -9.59. The van der Waals surface area contributed by atoms with Gasteiger partial charge in [0.25, 0.3) is 0 Å². The molecule has 1 amide bonds. The van der Waals surface area contributed by atoms with Crippen LogP contribution >= 0.6 is 0 Å². The Hall–Kier alpha value is -4.35. The van der Waals surface area contributed by atoms with Crippen LogP contribution in [0.25, 0.3) is 0 Å². The molecule has 202 valence electrons. The number of hydrogen-bond donors (Lipinski definition) is 1. The Morgan fingerprint density at radius 2 is 1.79 bits per heavy atom. The Kier molecular flexibility index (Phi) is 7.02. The third-order valence-corrected chi connectivity index (χ3v) is 6.97. The molecule has 1 unspecified atom stereocenters. The van der Waals surface area contributed by atoms with Gasteiger partial charge in [0.15, 0.2) is 11.6 Å². The number of benzene rings is 2. The van der Waals surface area contributed by atoms with Gasteiger partial charge in [0.05, 0.1) is 17.0 Å². The van der Waals surface area contributed by atoms with Gasteiger partial charge in [-0.25, -0.2) is 23.1 Å². The Morgan fingerprint density at radius 3 is 2.49 bits per heavy atom. The number of hydrogen-bond acceptors (Lipinski definition) is 6. The molecule has 3 heterocycles. The number of nitrogens with two attached hydrogens (primary N) is 1. The fraction of sp³-hybridized carbons (Fsp3) is 0.259. The summed E-state index contributed by atoms with van der Waals surface area (Å²) in [6.07, 6.45) is 3.89. The fourth-order valence-corrected chi connectivity index (χ4v) is 5.10. The molecule has 0 saturated carbocycles. The molecule has 1 saturated heterocycles. The van der Waals surface area contributed by atoms with Gasteiger partial charge in [-0.05, 0) is 37.0 Å². The Labute approximate surface area is 219 Å². The predicted octanol–water partition coefficient (Wildman–Crippen LogP) is 4.91. The van der Waals surface area contributed by atoms with Crippen molar-refractivity contribution in [1.29, 1.82) is 0 Å². The predicted molar refractivity (Wildman–Crippen MR) is 132 cm³/mol. The number of aromatic nitrogens is 2. The number of amides is 1. The van der Waals surface area contributed by atoms with E-state index in [-0.39, 0.29) is 40.9 Å². The minimum absolute atomic E-state index is 0.00741. The van der Waals surface area contributed by atoms with E-state index in [2.05, 4.69) is 21.5 Å². The normalized spacial score (nSPS) is 18.8. The van der Waals surface area contributed by atoms with E-state index in [0.717, 1.165) is 12.5 Å². The van der Waals surface area contributed by atoms with E-state index < -0.39 is 40.6 Å². The summed E-state index contributed by atoms with van der Waals surface area (Å²) < 4.78 is 75.5. The highest BCUT2D eigenvalue weighted by Crippen LogP contribution is 2.39. The molecular formula is C27H22F5N5O2. The van der Waals surface area contributed by atoms with Crippen LogP contribution in [-0.4, -0.2) is 46.1 Å². The molecule has 2 N–H and O–H groups in total. The Morgan fingerprint density at radius 1 is 1.05 bits per heavy atom. The van der Waals surface area contributed by atoms with Crippen molar-refractivity contribution in [2.45, 2.75) is 18.8 Å². The monoisotopic (exact) mass is 543 g/mol. The zero-order valence-electron chi connectivity index (χ0n) is 20.4. The Balaban J connectivity index is 1.48. The van der Waals surface area contributed by atoms with Crippen molar-refractivity contribution in [2.24, 2.45) is 10.9 Å². The Bertz CT molecular complexity index is 1490. The van der Waals surface area contributed by atoms with Crippen molar-refractivity contribution in [3.63, 3.8) is 0 Å². The number of likely N-dealkylation sites (tertiary alicyclic amines) is 1. The first kappa shape index (κ1) is 26.3. The lowest BCUT2D eigenvalue weighted by Gasteiger charge is -2.24. The van der Waals surface area contributed by atoms with Crippen LogP contribution in [0.4, 0.5) is 27.8 Å². The fourth-order valence-electron chi connectivity index (χ4n) is 5.10. The van der Waals surface area contributed by atoms with Gasteiger partial charge in [0.2, 0.25) is 23.3 Å². The van der Waals surface area contributed by atoms with Crippen molar-refractivity contribution >= 4 is 17.4 Å². The highest BCUT2D eigenvalue weighted by molar-refractivity contribution is 6.16. The molecule has 12 heteroatoms. The largest absolute Gasteiger partial charge is 0.451 e. The number of halogens is 5. The number of aliphatic imine (C=N–C) groups is 1. The summed E-state index contributed by atoms with van der Waals surface area (Å²) in [6, 6.07) is 3.30. The number of nitrogen functional groups attached to an aromatic ring is 1. The van der Waals surface area contributed by atoms with E-state index in [1.807, 2.05) is 0 Å². The molecule has 5 rings (SSSR count). The number of anilines is 1. The summed E-state index contributed by atoms with van der Waals surface area (Å²) >= 11 is 0. The van der Waals surface area contributed by atoms with E-state index in [1.165, 1.54) is 24.5 Å². The molecule has 0 spiro atoms. The summed E-state index contributed by atoms with van der Waals surface area (Å²) in [4.78, 5) is 26.9. The minimum atomic E-state index is -1.75. The van der Waals surface area contributed by atoms with Crippen molar-refractivity contribution in [2.75, 3.05) is 25.4 Å². The lowest BCUT2D eigenvalue weighted by atomic mass is 9.83. The average Bonchev–Trinajstić information content (AvgIpc) is 3.32. The maximum atomic E-state index is 15.4. The first-order chi connectivity index (χ1) is 18.7. The SMILES string of the molecule is C=CC(=O)N1CC[C@H](C2CCN=C(c3ccc(Oc4c(F)c(F)cc(F)c4F)cc3F)c3c(N)ncnc32)C1. The summed E-state index contributed by atoms with van der Waals surface area (Å²) in [7, 11) is 0. The molecule has 0 radical (unpaired) electrons. The average molecular weight is 543 g/mol. The van der Waals surface area contributed by atoms with Gasteiger partial charge >= 0.3 is 0 Å². The number of fused-ring (bicyclic) bond motifs is 1. The molecule has 2 aliphatic rings. The van der Waals surface area contributed by atoms with Crippen LogP contribution in [0.1, 0.15) is 35.6 Å². The first-order valence-corrected chi connectivity index (χ1v) is 12.1. The molecule has 1 aromatic heterocycles. The topological polar surface area (TPSA) is 93.7 Å². The molecule has 2 aromatic carbocycles. The van der Waals surface area contributed by atoms with Crippen molar-refractivity contribution in [3.05, 3.63) is 89.2 Å². The van der Waals surface area contributed by atoms with E-state index >= 15 is 4.39 Å². The summed E-state index contributed by atoms with van der Waals surface area (Å²) in [5, 5.41) is 0. The molecule has 2 aliphatic heterocycles. The molecular weight excluding hydrogens is 521 g/mol. The van der Waals surface area contributed by atoms with Gasteiger partial charge in [-0.1, -0.05) is 6.58 Å². The molecule has 39 heavy (non-hydrogen) atoms. The van der Waals surface area contributed by atoms with Crippen LogP contribution in [0.3, 0.4) is 0 Å². The number of ether oxygens (including phenoxy) is 1. The smallest absolute Gasteiger partial charge is 0.245 e. The van der Waals surface area contributed by atoms with E-state index in [9.17, 15) is 22.4 Å². The quantitative estimate of drug-likeness (QED) is 0.281. The van der Waals surface area contributed by atoms with Gasteiger partial charge in [-0.15, -0.1) is 0 Å². The zero-order valence-corrected chi connectivity index (χ0v) is 20.4. The highest BCUT2D eigenvalue weighted by atomic mass is 19.2. The second-order valence-corrected chi connectivity index (χ2v) is 9.22. The summed E-state index contributed by atoms with van der Waals surface area (Å²) in [5.41, 5.74) is 7.33. The second-order valence-electron chi connectivity index (χ2n) is 9.22.